The second-order valence-electron chi connectivity index (χ2n) is 5.14. The predicted octanol–water partition coefficient (Wildman–Crippen LogP) is 2.44. The highest BCUT2D eigenvalue weighted by Gasteiger charge is 2.23. The average molecular weight is 256 g/mol. The minimum atomic E-state index is -0.533. The number of halogens is 2. The van der Waals surface area contributed by atoms with Gasteiger partial charge in [0.1, 0.15) is 11.6 Å². The van der Waals surface area contributed by atoms with Crippen molar-refractivity contribution < 1.29 is 8.78 Å². The van der Waals surface area contributed by atoms with Gasteiger partial charge in [-0.2, -0.15) is 0 Å². The summed E-state index contributed by atoms with van der Waals surface area (Å²) in [6.45, 7) is 6.41. The number of hydrogen-bond acceptors (Lipinski definition) is 2. The van der Waals surface area contributed by atoms with Gasteiger partial charge in [0.05, 0.1) is 0 Å². The van der Waals surface area contributed by atoms with E-state index in [0.717, 1.165) is 25.6 Å². The van der Waals surface area contributed by atoms with E-state index in [1.54, 1.807) is 0 Å². The molecule has 0 atom stereocenters. The fourth-order valence-electron chi connectivity index (χ4n) is 1.92. The highest BCUT2D eigenvalue weighted by molar-refractivity contribution is 5.26. The predicted molar refractivity (Wildman–Crippen MR) is 70.8 cm³/mol. The van der Waals surface area contributed by atoms with Gasteiger partial charge in [-0.1, -0.05) is 19.9 Å². The largest absolute Gasteiger partial charge is 0.320 e. The molecule has 0 saturated carbocycles. The molecule has 18 heavy (non-hydrogen) atoms. The molecular formula is C14H22F2N2. The van der Waals surface area contributed by atoms with E-state index in [4.69, 9.17) is 0 Å². The minimum Gasteiger partial charge on any atom is -0.320 e. The summed E-state index contributed by atoms with van der Waals surface area (Å²) in [7, 11) is 1.91. The van der Waals surface area contributed by atoms with Crippen molar-refractivity contribution in [2.75, 3.05) is 26.7 Å². The van der Waals surface area contributed by atoms with Gasteiger partial charge in [-0.25, -0.2) is 8.78 Å². The molecule has 0 saturated heterocycles. The Morgan fingerprint density at radius 2 is 1.89 bits per heavy atom. The molecule has 0 fully saturated rings. The monoisotopic (exact) mass is 256 g/mol. The van der Waals surface area contributed by atoms with E-state index in [2.05, 4.69) is 10.6 Å². The van der Waals surface area contributed by atoms with E-state index in [0.29, 0.717) is 12.1 Å². The Morgan fingerprint density at radius 1 is 1.17 bits per heavy atom. The van der Waals surface area contributed by atoms with Crippen molar-refractivity contribution >= 4 is 0 Å². The molecule has 0 radical (unpaired) electrons. The quantitative estimate of drug-likeness (QED) is 0.732. The summed E-state index contributed by atoms with van der Waals surface area (Å²) in [6, 6.07) is 3.78. The van der Waals surface area contributed by atoms with Crippen LogP contribution in [-0.4, -0.2) is 26.7 Å². The molecule has 2 nitrogen and oxygen atoms in total. The van der Waals surface area contributed by atoms with Crippen molar-refractivity contribution in [1.82, 2.24) is 10.6 Å². The molecule has 1 aromatic rings. The van der Waals surface area contributed by atoms with E-state index in [-0.39, 0.29) is 5.41 Å². The van der Waals surface area contributed by atoms with Gasteiger partial charge in [0, 0.05) is 18.0 Å². The summed E-state index contributed by atoms with van der Waals surface area (Å²) in [5.74, 6) is -1.01. The molecule has 0 aliphatic rings. The SMILES string of the molecule is CNCCCNCC(C)(C)c1ccc(F)cc1F. The van der Waals surface area contributed by atoms with Gasteiger partial charge in [0.25, 0.3) is 0 Å². The van der Waals surface area contributed by atoms with E-state index >= 15 is 0 Å². The molecule has 0 aliphatic carbocycles. The third-order valence-electron chi connectivity index (χ3n) is 3.01. The highest BCUT2D eigenvalue weighted by Crippen LogP contribution is 2.25. The first-order valence-electron chi connectivity index (χ1n) is 6.28. The second-order valence-corrected chi connectivity index (χ2v) is 5.14. The minimum absolute atomic E-state index is 0.350. The van der Waals surface area contributed by atoms with Gasteiger partial charge >= 0.3 is 0 Å². The standard InChI is InChI=1S/C14H22F2N2/c1-14(2,10-18-8-4-7-17-3)12-6-5-11(15)9-13(12)16/h5-6,9,17-18H,4,7-8,10H2,1-3H3. The maximum absolute atomic E-state index is 13.7. The van der Waals surface area contributed by atoms with Gasteiger partial charge in [0.2, 0.25) is 0 Å². The molecule has 0 aliphatic heterocycles. The normalized spacial score (nSPS) is 11.8. The first-order valence-corrected chi connectivity index (χ1v) is 6.28. The molecule has 0 bridgehead atoms. The van der Waals surface area contributed by atoms with Gasteiger partial charge < -0.3 is 10.6 Å². The summed E-state index contributed by atoms with van der Waals surface area (Å²) in [4.78, 5) is 0. The van der Waals surface area contributed by atoms with Crippen LogP contribution in [-0.2, 0) is 5.41 Å². The number of nitrogens with one attached hydrogen (secondary N) is 2. The molecule has 0 unspecified atom stereocenters. The Labute approximate surface area is 108 Å². The molecule has 0 amide bonds. The summed E-state index contributed by atoms with van der Waals surface area (Å²) in [6.07, 6.45) is 1.03. The van der Waals surface area contributed by atoms with Crippen molar-refractivity contribution in [2.45, 2.75) is 25.7 Å². The van der Waals surface area contributed by atoms with Crippen molar-refractivity contribution in [3.8, 4) is 0 Å². The van der Waals surface area contributed by atoms with Crippen molar-refractivity contribution in [3.63, 3.8) is 0 Å². The van der Waals surface area contributed by atoms with Crippen molar-refractivity contribution in [3.05, 3.63) is 35.4 Å². The van der Waals surface area contributed by atoms with Gasteiger partial charge in [-0.05, 0) is 38.2 Å². The number of hydrogen-bond donors (Lipinski definition) is 2. The zero-order valence-electron chi connectivity index (χ0n) is 11.3. The molecule has 2 N–H and O–H groups in total. The van der Waals surface area contributed by atoms with Crippen LogP contribution in [0.2, 0.25) is 0 Å². The molecule has 1 aromatic carbocycles. The molecule has 1 rings (SSSR count). The van der Waals surface area contributed by atoms with Crippen LogP contribution in [0.5, 0.6) is 0 Å². The number of benzene rings is 1. The summed E-state index contributed by atoms with van der Waals surface area (Å²) < 4.78 is 26.6. The van der Waals surface area contributed by atoms with Crippen LogP contribution in [0.4, 0.5) is 8.78 Å². The maximum atomic E-state index is 13.7. The van der Waals surface area contributed by atoms with Gasteiger partial charge in [0.15, 0.2) is 0 Å². The van der Waals surface area contributed by atoms with E-state index < -0.39 is 11.6 Å². The molecule has 0 spiro atoms. The first kappa shape index (κ1) is 15.1. The molecule has 0 heterocycles. The molecule has 102 valence electrons. The summed E-state index contributed by atoms with van der Waals surface area (Å²) in [5, 5.41) is 6.37. The Bertz CT molecular complexity index is 378. The van der Waals surface area contributed by atoms with Crippen molar-refractivity contribution in [2.24, 2.45) is 0 Å². The maximum Gasteiger partial charge on any atom is 0.129 e. The van der Waals surface area contributed by atoms with Crippen LogP contribution >= 0.6 is 0 Å². The lowest BCUT2D eigenvalue weighted by molar-refractivity contribution is 0.439. The van der Waals surface area contributed by atoms with Crippen molar-refractivity contribution in [1.29, 1.82) is 0 Å². The second kappa shape index (κ2) is 6.81. The lowest BCUT2D eigenvalue weighted by atomic mass is 9.84. The van der Waals surface area contributed by atoms with Crippen LogP contribution in [0, 0.1) is 11.6 Å². The van der Waals surface area contributed by atoms with E-state index in [1.807, 2.05) is 20.9 Å². The van der Waals surface area contributed by atoms with Crippen LogP contribution in [0.15, 0.2) is 18.2 Å². The fraction of sp³-hybridized carbons (Fsp3) is 0.571. The average Bonchev–Trinajstić information content (AvgIpc) is 2.28. The van der Waals surface area contributed by atoms with Gasteiger partial charge in [-0.3, -0.25) is 0 Å². The van der Waals surface area contributed by atoms with E-state index in [1.165, 1.54) is 12.1 Å². The van der Waals surface area contributed by atoms with Crippen LogP contribution < -0.4 is 10.6 Å². The van der Waals surface area contributed by atoms with Crippen LogP contribution in [0.25, 0.3) is 0 Å². The zero-order valence-corrected chi connectivity index (χ0v) is 11.3. The highest BCUT2D eigenvalue weighted by atomic mass is 19.1. The fourth-order valence-corrected chi connectivity index (χ4v) is 1.92. The Hall–Kier alpha value is -1.00. The van der Waals surface area contributed by atoms with Gasteiger partial charge in [-0.15, -0.1) is 0 Å². The molecule has 4 heteroatoms. The van der Waals surface area contributed by atoms with Crippen LogP contribution in [0.3, 0.4) is 0 Å². The first-order chi connectivity index (χ1) is 8.47. The topological polar surface area (TPSA) is 24.1 Å². The smallest absolute Gasteiger partial charge is 0.129 e. The summed E-state index contributed by atoms with van der Waals surface area (Å²) >= 11 is 0. The lowest BCUT2D eigenvalue weighted by Gasteiger charge is -2.26. The third kappa shape index (κ3) is 4.35. The Balaban J connectivity index is 2.56. The lowest BCUT2D eigenvalue weighted by Crippen LogP contribution is -2.35. The number of rotatable bonds is 7. The van der Waals surface area contributed by atoms with Crippen LogP contribution in [0.1, 0.15) is 25.8 Å². The van der Waals surface area contributed by atoms with E-state index in [9.17, 15) is 8.78 Å². The molecule has 0 aromatic heterocycles. The Kier molecular flexibility index (Phi) is 5.69. The third-order valence-corrected chi connectivity index (χ3v) is 3.01. The molecular weight excluding hydrogens is 234 g/mol. The Morgan fingerprint density at radius 3 is 2.50 bits per heavy atom. The summed E-state index contributed by atoms with van der Waals surface area (Å²) in [5.41, 5.74) is 0.197. The zero-order chi connectivity index (χ0) is 13.6.